The Balaban J connectivity index is 2.67. The van der Waals surface area contributed by atoms with Crippen LogP contribution in [-0.2, 0) is 0 Å². The van der Waals surface area contributed by atoms with Gasteiger partial charge in [-0.05, 0) is 43.8 Å². The van der Waals surface area contributed by atoms with E-state index in [1.807, 2.05) is 25.3 Å². The van der Waals surface area contributed by atoms with Crippen molar-refractivity contribution in [3.63, 3.8) is 0 Å². The van der Waals surface area contributed by atoms with E-state index < -0.39 is 0 Å². The molecule has 1 rings (SSSR count). The molecule has 82 valence electrons. The molecule has 1 aromatic carbocycles. The smallest absolute Gasteiger partial charge is 0.120 e. The summed E-state index contributed by atoms with van der Waals surface area (Å²) in [6, 6.07) is 5.67. The number of hydrogen-bond donors (Lipinski definition) is 1. The van der Waals surface area contributed by atoms with Crippen molar-refractivity contribution in [3.05, 3.63) is 34.9 Å². The lowest BCUT2D eigenvalue weighted by molar-refractivity contribution is 0.415. The SMILES string of the molecule is CNCCC=Cc1cc(Cl)cc(OC)c1. The van der Waals surface area contributed by atoms with Crippen LogP contribution in [0.15, 0.2) is 24.3 Å². The second kappa shape index (κ2) is 6.49. The molecule has 0 atom stereocenters. The van der Waals surface area contributed by atoms with Crippen LogP contribution < -0.4 is 10.1 Å². The number of halogens is 1. The molecule has 0 aliphatic carbocycles. The van der Waals surface area contributed by atoms with Crippen molar-refractivity contribution in [2.75, 3.05) is 20.7 Å². The van der Waals surface area contributed by atoms with E-state index in [0.29, 0.717) is 5.02 Å². The van der Waals surface area contributed by atoms with Crippen LogP contribution in [0.4, 0.5) is 0 Å². The Kier molecular flexibility index (Phi) is 5.22. The minimum atomic E-state index is 0.697. The van der Waals surface area contributed by atoms with E-state index in [1.165, 1.54) is 0 Å². The van der Waals surface area contributed by atoms with Crippen molar-refractivity contribution in [2.45, 2.75) is 6.42 Å². The number of hydrogen-bond acceptors (Lipinski definition) is 2. The average molecular weight is 226 g/mol. The van der Waals surface area contributed by atoms with Gasteiger partial charge in [0.05, 0.1) is 7.11 Å². The summed E-state index contributed by atoms with van der Waals surface area (Å²) in [5.41, 5.74) is 1.07. The molecule has 2 nitrogen and oxygen atoms in total. The Hall–Kier alpha value is -0.990. The van der Waals surface area contributed by atoms with Crippen molar-refractivity contribution in [1.29, 1.82) is 0 Å². The lowest BCUT2D eigenvalue weighted by Gasteiger charge is -2.02. The first-order chi connectivity index (χ1) is 7.26. The maximum Gasteiger partial charge on any atom is 0.120 e. The van der Waals surface area contributed by atoms with Crippen LogP contribution in [0.25, 0.3) is 6.08 Å². The minimum Gasteiger partial charge on any atom is -0.497 e. The van der Waals surface area contributed by atoms with E-state index in [4.69, 9.17) is 16.3 Å². The molecule has 1 aromatic rings. The highest BCUT2D eigenvalue weighted by atomic mass is 35.5. The maximum absolute atomic E-state index is 5.94. The molecule has 0 amide bonds. The molecule has 0 spiro atoms. The van der Waals surface area contributed by atoms with E-state index in [1.54, 1.807) is 13.2 Å². The summed E-state index contributed by atoms with van der Waals surface area (Å²) in [4.78, 5) is 0. The van der Waals surface area contributed by atoms with Crippen LogP contribution in [0.2, 0.25) is 5.02 Å². The van der Waals surface area contributed by atoms with E-state index in [9.17, 15) is 0 Å². The molecule has 0 aliphatic heterocycles. The largest absolute Gasteiger partial charge is 0.497 e. The monoisotopic (exact) mass is 225 g/mol. The summed E-state index contributed by atoms with van der Waals surface area (Å²) in [5, 5.41) is 3.78. The summed E-state index contributed by atoms with van der Waals surface area (Å²) >= 11 is 5.94. The van der Waals surface area contributed by atoms with Gasteiger partial charge in [0.1, 0.15) is 5.75 Å². The Morgan fingerprint density at radius 1 is 1.40 bits per heavy atom. The highest BCUT2D eigenvalue weighted by Gasteiger charge is 1.96. The summed E-state index contributed by atoms with van der Waals surface area (Å²) in [7, 11) is 3.58. The molecule has 0 unspecified atom stereocenters. The van der Waals surface area contributed by atoms with Crippen LogP contribution in [-0.4, -0.2) is 20.7 Å². The zero-order chi connectivity index (χ0) is 11.1. The second-order valence-corrected chi connectivity index (χ2v) is 3.66. The highest BCUT2D eigenvalue weighted by molar-refractivity contribution is 6.30. The topological polar surface area (TPSA) is 21.3 Å². The predicted molar refractivity (Wildman–Crippen MR) is 65.6 cm³/mol. The molecular formula is C12H16ClNO. The Morgan fingerprint density at radius 3 is 2.87 bits per heavy atom. The van der Waals surface area contributed by atoms with E-state index in [2.05, 4.69) is 11.4 Å². The predicted octanol–water partition coefficient (Wildman–Crippen LogP) is 2.97. The summed E-state index contributed by atoms with van der Waals surface area (Å²) in [5.74, 6) is 0.788. The lowest BCUT2D eigenvalue weighted by Crippen LogP contribution is -2.05. The van der Waals surface area contributed by atoms with Crippen LogP contribution >= 0.6 is 11.6 Å². The van der Waals surface area contributed by atoms with Gasteiger partial charge in [-0.3, -0.25) is 0 Å². The lowest BCUT2D eigenvalue weighted by atomic mass is 10.2. The van der Waals surface area contributed by atoms with Gasteiger partial charge in [0, 0.05) is 5.02 Å². The van der Waals surface area contributed by atoms with Gasteiger partial charge in [0.25, 0.3) is 0 Å². The van der Waals surface area contributed by atoms with Gasteiger partial charge in [-0.25, -0.2) is 0 Å². The molecule has 15 heavy (non-hydrogen) atoms. The minimum absolute atomic E-state index is 0.697. The van der Waals surface area contributed by atoms with Gasteiger partial charge in [-0.2, -0.15) is 0 Å². The van der Waals surface area contributed by atoms with Gasteiger partial charge in [-0.15, -0.1) is 0 Å². The highest BCUT2D eigenvalue weighted by Crippen LogP contribution is 2.21. The van der Waals surface area contributed by atoms with Gasteiger partial charge in [0.2, 0.25) is 0 Å². The molecule has 0 fully saturated rings. The van der Waals surface area contributed by atoms with Crippen LogP contribution in [0.1, 0.15) is 12.0 Å². The third-order valence-electron chi connectivity index (χ3n) is 2.00. The molecule has 3 heteroatoms. The summed E-state index contributed by atoms with van der Waals surface area (Å²) in [6.45, 7) is 0.980. The Labute approximate surface area is 95.9 Å². The van der Waals surface area contributed by atoms with E-state index in [-0.39, 0.29) is 0 Å². The van der Waals surface area contributed by atoms with Gasteiger partial charge >= 0.3 is 0 Å². The van der Waals surface area contributed by atoms with Crippen molar-refractivity contribution in [1.82, 2.24) is 5.32 Å². The summed E-state index contributed by atoms with van der Waals surface area (Å²) in [6.07, 6.45) is 5.17. The zero-order valence-electron chi connectivity index (χ0n) is 9.09. The van der Waals surface area contributed by atoms with Gasteiger partial charge in [-0.1, -0.05) is 23.8 Å². The Morgan fingerprint density at radius 2 is 2.20 bits per heavy atom. The maximum atomic E-state index is 5.94. The fourth-order valence-electron chi connectivity index (χ4n) is 1.25. The molecule has 0 aliphatic rings. The molecule has 0 bridgehead atoms. The number of nitrogens with one attached hydrogen (secondary N) is 1. The van der Waals surface area contributed by atoms with E-state index in [0.717, 1.165) is 24.3 Å². The van der Waals surface area contributed by atoms with Crippen molar-refractivity contribution < 1.29 is 4.74 Å². The first-order valence-electron chi connectivity index (χ1n) is 4.92. The first kappa shape index (κ1) is 12.1. The van der Waals surface area contributed by atoms with Gasteiger partial charge < -0.3 is 10.1 Å². The molecule has 0 radical (unpaired) electrons. The zero-order valence-corrected chi connectivity index (χ0v) is 9.84. The number of rotatable bonds is 5. The average Bonchev–Trinajstić information content (AvgIpc) is 2.23. The van der Waals surface area contributed by atoms with Gasteiger partial charge in [0.15, 0.2) is 0 Å². The summed E-state index contributed by atoms with van der Waals surface area (Å²) < 4.78 is 5.13. The number of ether oxygens (including phenoxy) is 1. The molecule has 0 aromatic heterocycles. The van der Waals surface area contributed by atoms with Crippen LogP contribution in [0.3, 0.4) is 0 Å². The number of methoxy groups -OCH3 is 1. The third kappa shape index (κ3) is 4.36. The fourth-order valence-corrected chi connectivity index (χ4v) is 1.48. The van der Waals surface area contributed by atoms with Crippen molar-refractivity contribution >= 4 is 17.7 Å². The molecule has 0 heterocycles. The molecule has 0 saturated heterocycles. The normalized spacial score (nSPS) is 10.9. The standard InChI is InChI=1S/C12H16ClNO/c1-14-6-4-3-5-10-7-11(13)9-12(8-10)15-2/h3,5,7-9,14H,4,6H2,1-2H3. The first-order valence-corrected chi connectivity index (χ1v) is 5.30. The fraction of sp³-hybridized carbons (Fsp3) is 0.333. The third-order valence-corrected chi connectivity index (χ3v) is 2.22. The Bertz CT molecular complexity index is 336. The van der Waals surface area contributed by atoms with E-state index >= 15 is 0 Å². The van der Waals surface area contributed by atoms with Crippen LogP contribution in [0, 0.1) is 0 Å². The number of benzene rings is 1. The molecular weight excluding hydrogens is 210 g/mol. The molecule has 1 N–H and O–H groups in total. The van der Waals surface area contributed by atoms with Crippen LogP contribution in [0.5, 0.6) is 5.75 Å². The molecule has 0 saturated carbocycles. The van der Waals surface area contributed by atoms with Crippen molar-refractivity contribution in [3.8, 4) is 5.75 Å². The second-order valence-electron chi connectivity index (χ2n) is 3.22. The van der Waals surface area contributed by atoms with Crippen molar-refractivity contribution in [2.24, 2.45) is 0 Å². The quantitative estimate of drug-likeness (QED) is 0.778.